The van der Waals surface area contributed by atoms with Gasteiger partial charge in [0.2, 0.25) is 5.91 Å². The predicted octanol–water partition coefficient (Wildman–Crippen LogP) is 2.22. The van der Waals surface area contributed by atoms with E-state index in [1.54, 1.807) is 11.8 Å². The fraction of sp³-hybridized carbons (Fsp3) is 0.375. The van der Waals surface area contributed by atoms with E-state index >= 15 is 0 Å². The van der Waals surface area contributed by atoms with Crippen LogP contribution in [0, 0.1) is 0 Å². The third-order valence-corrected chi connectivity index (χ3v) is 3.90. The molecule has 1 N–H and O–H groups in total. The Morgan fingerprint density at radius 3 is 3.05 bits per heavy atom. The fourth-order valence-corrected chi connectivity index (χ4v) is 2.86. The summed E-state index contributed by atoms with van der Waals surface area (Å²) < 4.78 is 5.07. The first kappa shape index (κ1) is 13.7. The van der Waals surface area contributed by atoms with Crippen molar-refractivity contribution in [2.24, 2.45) is 0 Å². The number of benzene rings is 1. The summed E-state index contributed by atoms with van der Waals surface area (Å²) in [4.78, 5) is 28.9. The van der Waals surface area contributed by atoms with E-state index in [2.05, 4.69) is 4.98 Å². The van der Waals surface area contributed by atoms with E-state index in [0.29, 0.717) is 26.0 Å². The van der Waals surface area contributed by atoms with Gasteiger partial charge in [0.05, 0.1) is 6.61 Å². The van der Waals surface area contributed by atoms with Gasteiger partial charge in [0.1, 0.15) is 6.04 Å². The molecule has 1 aliphatic heterocycles. The van der Waals surface area contributed by atoms with Crippen LogP contribution >= 0.6 is 0 Å². The molecular formula is C16H18N2O3. The molecule has 1 saturated heterocycles. The van der Waals surface area contributed by atoms with Crippen LogP contribution in [0.4, 0.5) is 0 Å². The van der Waals surface area contributed by atoms with E-state index in [1.807, 2.05) is 30.5 Å². The van der Waals surface area contributed by atoms with Gasteiger partial charge in [-0.2, -0.15) is 0 Å². The van der Waals surface area contributed by atoms with Gasteiger partial charge < -0.3 is 14.6 Å². The van der Waals surface area contributed by atoms with Gasteiger partial charge in [-0.15, -0.1) is 0 Å². The number of carbonyl (C=O) groups is 2. The molecule has 1 fully saturated rings. The molecule has 1 aromatic carbocycles. The summed E-state index contributed by atoms with van der Waals surface area (Å²) >= 11 is 0. The number of esters is 1. The summed E-state index contributed by atoms with van der Waals surface area (Å²) in [5, 5.41) is 1.08. The quantitative estimate of drug-likeness (QED) is 0.877. The number of fused-ring (bicyclic) bond motifs is 1. The molecule has 2 aromatic rings. The molecule has 1 atom stereocenters. The number of nitrogens with zero attached hydrogens (tertiary/aromatic N) is 1. The molecule has 1 aliphatic rings. The summed E-state index contributed by atoms with van der Waals surface area (Å²) in [5.41, 5.74) is 2.06. The first-order chi connectivity index (χ1) is 10.2. The Kier molecular flexibility index (Phi) is 3.64. The average molecular weight is 286 g/mol. The molecule has 2 heterocycles. The molecule has 0 spiro atoms. The third-order valence-electron chi connectivity index (χ3n) is 3.90. The highest BCUT2D eigenvalue weighted by atomic mass is 16.5. The molecule has 0 aliphatic carbocycles. The lowest BCUT2D eigenvalue weighted by molar-refractivity contribution is -0.151. The number of amides is 1. The SMILES string of the molecule is CCOC(=O)[C@H]1CCC(=O)N1Cc1c[nH]c2ccccc12. The van der Waals surface area contributed by atoms with Gasteiger partial charge in [-0.25, -0.2) is 4.79 Å². The zero-order chi connectivity index (χ0) is 14.8. The van der Waals surface area contributed by atoms with Crippen LogP contribution in [-0.4, -0.2) is 34.4 Å². The number of aromatic nitrogens is 1. The van der Waals surface area contributed by atoms with Crippen molar-refractivity contribution >= 4 is 22.8 Å². The Morgan fingerprint density at radius 2 is 2.24 bits per heavy atom. The van der Waals surface area contributed by atoms with Gasteiger partial charge in [0, 0.05) is 30.1 Å². The number of nitrogens with one attached hydrogen (secondary N) is 1. The van der Waals surface area contributed by atoms with Crippen molar-refractivity contribution in [3.05, 3.63) is 36.0 Å². The second-order valence-corrected chi connectivity index (χ2v) is 5.19. The minimum Gasteiger partial charge on any atom is -0.464 e. The first-order valence-corrected chi connectivity index (χ1v) is 7.21. The normalized spacial score (nSPS) is 18.4. The number of H-pyrrole nitrogens is 1. The summed E-state index contributed by atoms with van der Waals surface area (Å²) in [7, 11) is 0. The molecule has 5 heteroatoms. The molecule has 110 valence electrons. The average Bonchev–Trinajstić information content (AvgIpc) is 3.05. The van der Waals surface area contributed by atoms with Crippen molar-refractivity contribution in [1.29, 1.82) is 0 Å². The molecule has 21 heavy (non-hydrogen) atoms. The van der Waals surface area contributed by atoms with Gasteiger partial charge in [-0.05, 0) is 25.0 Å². The van der Waals surface area contributed by atoms with E-state index < -0.39 is 6.04 Å². The Hall–Kier alpha value is -2.30. The number of rotatable bonds is 4. The Bertz CT molecular complexity index is 677. The highest BCUT2D eigenvalue weighted by Gasteiger charge is 2.37. The third kappa shape index (κ3) is 2.51. The van der Waals surface area contributed by atoms with Gasteiger partial charge >= 0.3 is 5.97 Å². The monoisotopic (exact) mass is 286 g/mol. The lowest BCUT2D eigenvalue weighted by Gasteiger charge is -2.23. The van der Waals surface area contributed by atoms with Crippen molar-refractivity contribution in [1.82, 2.24) is 9.88 Å². The van der Waals surface area contributed by atoms with Gasteiger partial charge in [-0.3, -0.25) is 4.79 Å². The lowest BCUT2D eigenvalue weighted by Crippen LogP contribution is -2.39. The number of likely N-dealkylation sites (tertiary alicyclic amines) is 1. The second-order valence-electron chi connectivity index (χ2n) is 5.19. The van der Waals surface area contributed by atoms with Crippen LogP contribution in [0.5, 0.6) is 0 Å². The standard InChI is InChI=1S/C16H18N2O3/c1-2-21-16(20)14-7-8-15(19)18(14)10-11-9-17-13-6-4-3-5-12(11)13/h3-6,9,14,17H,2,7-8,10H2,1H3/t14-/m1/s1. The van der Waals surface area contributed by atoms with Crippen LogP contribution < -0.4 is 0 Å². The van der Waals surface area contributed by atoms with Crippen LogP contribution in [0.3, 0.4) is 0 Å². The molecular weight excluding hydrogens is 268 g/mol. The minimum atomic E-state index is -0.453. The van der Waals surface area contributed by atoms with E-state index in [4.69, 9.17) is 4.74 Å². The highest BCUT2D eigenvalue weighted by Crippen LogP contribution is 2.26. The smallest absolute Gasteiger partial charge is 0.328 e. The summed E-state index contributed by atoms with van der Waals surface area (Å²) in [6, 6.07) is 7.49. The Labute approximate surface area is 122 Å². The van der Waals surface area contributed by atoms with Crippen molar-refractivity contribution < 1.29 is 14.3 Å². The maximum Gasteiger partial charge on any atom is 0.328 e. The zero-order valence-corrected chi connectivity index (χ0v) is 12.0. The second kappa shape index (κ2) is 5.60. The van der Waals surface area contributed by atoms with Crippen molar-refractivity contribution in [2.75, 3.05) is 6.61 Å². The van der Waals surface area contributed by atoms with Crippen LogP contribution in [-0.2, 0) is 20.9 Å². The zero-order valence-electron chi connectivity index (χ0n) is 12.0. The predicted molar refractivity (Wildman–Crippen MR) is 78.5 cm³/mol. The molecule has 1 amide bonds. The van der Waals surface area contributed by atoms with Crippen LogP contribution in [0.2, 0.25) is 0 Å². The Balaban J connectivity index is 1.84. The summed E-state index contributed by atoms with van der Waals surface area (Å²) in [6.45, 7) is 2.55. The van der Waals surface area contributed by atoms with Gasteiger partial charge in [0.25, 0.3) is 0 Å². The molecule has 0 bridgehead atoms. The number of aromatic amines is 1. The van der Waals surface area contributed by atoms with Crippen molar-refractivity contribution in [3.8, 4) is 0 Å². The minimum absolute atomic E-state index is 0.0123. The molecule has 0 radical (unpaired) electrons. The number of carbonyl (C=O) groups excluding carboxylic acids is 2. The van der Waals surface area contributed by atoms with Gasteiger partial charge in [0.15, 0.2) is 0 Å². The van der Waals surface area contributed by atoms with E-state index in [-0.39, 0.29) is 11.9 Å². The first-order valence-electron chi connectivity index (χ1n) is 7.21. The van der Waals surface area contributed by atoms with E-state index in [9.17, 15) is 9.59 Å². The lowest BCUT2D eigenvalue weighted by atomic mass is 10.1. The summed E-state index contributed by atoms with van der Waals surface area (Å²) in [5.74, 6) is -0.290. The van der Waals surface area contributed by atoms with Crippen LogP contribution in [0.1, 0.15) is 25.3 Å². The highest BCUT2D eigenvalue weighted by molar-refractivity contribution is 5.89. The molecule has 3 rings (SSSR count). The van der Waals surface area contributed by atoms with Crippen LogP contribution in [0.15, 0.2) is 30.5 Å². The molecule has 1 aromatic heterocycles. The number of ether oxygens (including phenoxy) is 1. The number of hydrogen-bond acceptors (Lipinski definition) is 3. The van der Waals surface area contributed by atoms with E-state index in [0.717, 1.165) is 16.5 Å². The van der Waals surface area contributed by atoms with Crippen molar-refractivity contribution in [3.63, 3.8) is 0 Å². The summed E-state index contributed by atoms with van der Waals surface area (Å²) in [6.07, 6.45) is 2.85. The van der Waals surface area contributed by atoms with Gasteiger partial charge in [-0.1, -0.05) is 18.2 Å². The maximum atomic E-state index is 12.1. The molecule has 0 saturated carbocycles. The molecule has 0 unspecified atom stereocenters. The van der Waals surface area contributed by atoms with E-state index in [1.165, 1.54) is 0 Å². The number of para-hydroxylation sites is 1. The molecule has 5 nitrogen and oxygen atoms in total. The Morgan fingerprint density at radius 1 is 1.43 bits per heavy atom. The van der Waals surface area contributed by atoms with Crippen LogP contribution in [0.25, 0.3) is 10.9 Å². The largest absolute Gasteiger partial charge is 0.464 e. The maximum absolute atomic E-state index is 12.1. The fourth-order valence-electron chi connectivity index (χ4n) is 2.86. The number of hydrogen-bond donors (Lipinski definition) is 1. The topological polar surface area (TPSA) is 62.4 Å². The van der Waals surface area contributed by atoms with Crippen molar-refractivity contribution in [2.45, 2.75) is 32.4 Å².